The third-order valence-electron chi connectivity index (χ3n) is 9.98. The summed E-state index contributed by atoms with van der Waals surface area (Å²) in [6.45, 7) is 21.8. The largest absolute Gasteiger partial charge is 0.466 e. The van der Waals surface area contributed by atoms with E-state index in [1.54, 1.807) is 6.20 Å². The maximum atomic E-state index is 12.8. The van der Waals surface area contributed by atoms with E-state index < -0.39 is 0 Å². The van der Waals surface area contributed by atoms with Crippen LogP contribution in [-0.4, -0.2) is 46.8 Å². The molecule has 0 saturated carbocycles. The molecule has 1 aromatic heterocycles. The summed E-state index contributed by atoms with van der Waals surface area (Å²) in [5, 5.41) is 0. The second-order valence-electron chi connectivity index (χ2n) is 18.5. The SMILES string of the molecule is Cc1nccn1CCCC(=O)OC(CCCCCCCCC(=O)OCCC(C)CC(C)(C)C)CCCCCCCCC(=O)OCC[C@H](C)CC(C)(C)C. The Morgan fingerprint density at radius 3 is 1.43 bits per heavy atom. The zero-order chi connectivity index (χ0) is 39.5. The molecule has 3 atom stereocenters. The maximum Gasteiger partial charge on any atom is 0.306 e. The zero-order valence-corrected chi connectivity index (χ0v) is 35.9. The van der Waals surface area contributed by atoms with Crippen LogP contribution in [0, 0.1) is 29.6 Å². The molecule has 8 heteroatoms. The Morgan fingerprint density at radius 1 is 0.604 bits per heavy atom. The maximum absolute atomic E-state index is 12.8. The summed E-state index contributed by atoms with van der Waals surface area (Å²) in [6.07, 6.45) is 24.5. The van der Waals surface area contributed by atoms with Gasteiger partial charge in [-0.15, -0.1) is 0 Å². The summed E-state index contributed by atoms with van der Waals surface area (Å²) in [7, 11) is 0. The Bertz CT molecular complexity index is 1050. The molecule has 0 spiro atoms. The number of aryl methyl sites for hydroxylation is 2. The predicted octanol–water partition coefficient (Wildman–Crippen LogP) is 12.1. The smallest absolute Gasteiger partial charge is 0.306 e. The van der Waals surface area contributed by atoms with Crippen molar-refractivity contribution in [2.24, 2.45) is 22.7 Å². The summed E-state index contributed by atoms with van der Waals surface area (Å²) < 4.78 is 19.0. The number of aromatic nitrogens is 2. The van der Waals surface area contributed by atoms with Crippen molar-refractivity contribution in [2.45, 2.75) is 216 Å². The van der Waals surface area contributed by atoms with Gasteiger partial charge in [-0.2, -0.15) is 0 Å². The molecule has 0 aliphatic rings. The predicted molar refractivity (Wildman–Crippen MR) is 218 cm³/mol. The van der Waals surface area contributed by atoms with E-state index >= 15 is 0 Å². The first-order valence-corrected chi connectivity index (χ1v) is 21.5. The summed E-state index contributed by atoms with van der Waals surface area (Å²) in [6, 6.07) is 0. The highest BCUT2D eigenvalue weighted by molar-refractivity contribution is 5.70. The van der Waals surface area contributed by atoms with Gasteiger partial charge in [-0.05, 0) is 100 Å². The number of rotatable bonds is 31. The van der Waals surface area contributed by atoms with Crippen LogP contribution >= 0.6 is 0 Å². The Labute approximate surface area is 325 Å². The van der Waals surface area contributed by atoms with E-state index in [0.717, 1.165) is 134 Å². The van der Waals surface area contributed by atoms with Crippen LogP contribution in [0.25, 0.3) is 0 Å². The van der Waals surface area contributed by atoms with Crippen molar-refractivity contribution in [3.63, 3.8) is 0 Å². The highest BCUT2D eigenvalue weighted by atomic mass is 16.5. The van der Waals surface area contributed by atoms with Crippen LogP contribution in [0.4, 0.5) is 0 Å². The number of nitrogens with zero attached hydrogens (tertiary/aromatic N) is 2. The minimum atomic E-state index is -0.0983. The van der Waals surface area contributed by atoms with Gasteiger partial charge in [0.25, 0.3) is 0 Å². The first-order valence-electron chi connectivity index (χ1n) is 21.5. The summed E-state index contributed by atoms with van der Waals surface area (Å²) in [4.78, 5) is 41.3. The Balaban J connectivity index is 2.26. The number of esters is 3. The van der Waals surface area contributed by atoms with E-state index in [1.807, 2.05) is 13.1 Å². The lowest BCUT2D eigenvalue weighted by atomic mass is 9.84. The third kappa shape index (κ3) is 29.6. The van der Waals surface area contributed by atoms with Gasteiger partial charge in [0.05, 0.1) is 13.2 Å². The molecule has 0 radical (unpaired) electrons. The summed E-state index contributed by atoms with van der Waals surface area (Å²) >= 11 is 0. The Hall–Kier alpha value is -2.38. The minimum Gasteiger partial charge on any atom is -0.466 e. The average molecular weight is 747 g/mol. The normalized spacial score (nSPS) is 13.8. The highest BCUT2D eigenvalue weighted by Gasteiger charge is 2.18. The number of carbonyl (C=O) groups is 3. The van der Waals surface area contributed by atoms with Crippen molar-refractivity contribution in [1.29, 1.82) is 0 Å². The molecule has 53 heavy (non-hydrogen) atoms. The number of hydrogen-bond donors (Lipinski definition) is 0. The number of carbonyl (C=O) groups excluding carboxylic acids is 3. The third-order valence-corrected chi connectivity index (χ3v) is 9.98. The lowest BCUT2D eigenvalue weighted by Gasteiger charge is -2.23. The van der Waals surface area contributed by atoms with Gasteiger partial charge < -0.3 is 18.8 Å². The second kappa shape index (κ2) is 28.1. The van der Waals surface area contributed by atoms with Gasteiger partial charge >= 0.3 is 17.9 Å². The molecule has 0 aliphatic carbocycles. The number of unbranched alkanes of at least 4 members (excludes halogenated alkanes) is 10. The molecule has 0 amide bonds. The van der Waals surface area contributed by atoms with Gasteiger partial charge in [-0.1, -0.05) is 107 Å². The van der Waals surface area contributed by atoms with E-state index in [1.165, 1.54) is 0 Å². The number of hydrogen-bond acceptors (Lipinski definition) is 7. The van der Waals surface area contributed by atoms with E-state index in [9.17, 15) is 14.4 Å². The van der Waals surface area contributed by atoms with Gasteiger partial charge in [0.2, 0.25) is 0 Å². The fraction of sp³-hybridized carbons (Fsp3) is 0.867. The van der Waals surface area contributed by atoms with Crippen LogP contribution in [0.3, 0.4) is 0 Å². The van der Waals surface area contributed by atoms with Gasteiger partial charge in [-0.3, -0.25) is 14.4 Å². The van der Waals surface area contributed by atoms with Crippen molar-refractivity contribution in [2.75, 3.05) is 13.2 Å². The van der Waals surface area contributed by atoms with Crippen molar-refractivity contribution >= 4 is 17.9 Å². The first kappa shape index (κ1) is 48.6. The molecule has 0 aromatic carbocycles. The van der Waals surface area contributed by atoms with Gasteiger partial charge in [0.15, 0.2) is 0 Å². The Morgan fingerprint density at radius 2 is 1.02 bits per heavy atom. The van der Waals surface area contributed by atoms with Crippen LogP contribution in [0.1, 0.15) is 202 Å². The standard InChI is InChI=1S/C45H82N2O6/c1-37(35-44(4,5)6)28-33-51-41(48)25-20-16-12-10-14-18-23-40(53-43(50)27-22-31-47-32-30-46-39(47)3)24-19-15-11-13-17-21-26-42(49)52-34-29-38(2)36-45(7,8)9/h30,32,37-38,40H,10-29,31,33-36H2,1-9H3/t37-,38?,40?/m0/s1. The van der Waals surface area contributed by atoms with Crippen molar-refractivity contribution in [3.05, 3.63) is 18.2 Å². The molecule has 0 aliphatic heterocycles. The van der Waals surface area contributed by atoms with Crippen LogP contribution in [0.15, 0.2) is 12.4 Å². The van der Waals surface area contributed by atoms with Crippen LogP contribution in [0.5, 0.6) is 0 Å². The van der Waals surface area contributed by atoms with Crippen molar-refractivity contribution in [1.82, 2.24) is 9.55 Å². The van der Waals surface area contributed by atoms with Gasteiger partial charge in [0, 0.05) is 38.2 Å². The lowest BCUT2D eigenvalue weighted by Crippen LogP contribution is -2.19. The number of ether oxygens (including phenoxy) is 3. The first-order chi connectivity index (χ1) is 25.0. The van der Waals surface area contributed by atoms with E-state index in [-0.39, 0.29) is 24.0 Å². The molecule has 8 nitrogen and oxygen atoms in total. The molecule has 1 rings (SSSR count). The van der Waals surface area contributed by atoms with Crippen LogP contribution in [-0.2, 0) is 35.1 Å². The second-order valence-corrected chi connectivity index (χ2v) is 18.5. The molecule has 0 N–H and O–H groups in total. The molecule has 0 saturated heterocycles. The molecular formula is C45H82N2O6. The van der Waals surface area contributed by atoms with Gasteiger partial charge in [-0.25, -0.2) is 4.98 Å². The van der Waals surface area contributed by atoms with E-state index in [2.05, 4.69) is 64.9 Å². The fourth-order valence-electron chi connectivity index (χ4n) is 7.42. The Kier molecular flexibility index (Phi) is 25.8. The van der Waals surface area contributed by atoms with Crippen molar-refractivity contribution < 1.29 is 28.6 Å². The summed E-state index contributed by atoms with van der Waals surface area (Å²) in [5.41, 5.74) is 0.614. The van der Waals surface area contributed by atoms with Gasteiger partial charge in [0.1, 0.15) is 11.9 Å². The fourth-order valence-corrected chi connectivity index (χ4v) is 7.42. The average Bonchev–Trinajstić information content (AvgIpc) is 3.45. The molecule has 0 fully saturated rings. The van der Waals surface area contributed by atoms with Crippen LogP contribution in [0.2, 0.25) is 0 Å². The monoisotopic (exact) mass is 747 g/mol. The van der Waals surface area contributed by atoms with Crippen LogP contribution < -0.4 is 0 Å². The molecular weight excluding hydrogens is 665 g/mol. The van der Waals surface area contributed by atoms with E-state index in [4.69, 9.17) is 14.2 Å². The molecule has 2 unspecified atom stereocenters. The highest BCUT2D eigenvalue weighted by Crippen LogP contribution is 2.27. The minimum absolute atomic E-state index is 0.0285. The lowest BCUT2D eigenvalue weighted by molar-refractivity contribution is -0.150. The van der Waals surface area contributed by atoms with Crippen molar-refractivity contribution in [3.8, 4) is 0 Å². The zero-order valence-electron chi connectivity index (χ0n) is 35.9. The summed E-state index contributed by atoms with van der Waals surface area (Å²) in [5.74, 6) is 1.86. The molecule has 1 heterocycles. The van der Waals surface area contributed by atoms with E-state index in [0.29, 0.717) is 55.1 Å². The molecule has 0 bridgehead atoms. The molecule has 308 valence electrons. The quantitative estimate of drug-likeness (QED) is 0.0424. The topological polar surface area (TPSA) is 96.7 Å². The molecule has 1 aromatic rings. The number of imidazole rings is 1.